The van der Waals surface area contributed by atoms with Gasteiger partial charge in [-0.1, -0.05) is 61.5 Å². The summed E-state index contributed by atoms with van der Waals surface area (Å²) in [4.78, 5) is 5.23. The Labute approximate surface area is 188 Å². The number of hydrogen-bond acceptors (Lipinski definition) is 3. The summed E-state index contributed by atoms with van der Waals surface area (Å²) < 4.78 is 0. The van der Waals surface area contributed by atoms with Gasteiger partial charge in [-0.05, 0) is 55.7 Å². The van der Waals surface area contributed by atoms with Crippen molar-refractivity contribution >= 4 is 0 Å². The third kappa shape index (κ3) is 3.01. The molecule has 1 saturated carbocycles. The first-order chi connectivity index (χ1) is 15.7. The summed E-state index contributed by atoms with van der Waals surface area (Å²) in [5.74, 6) is 0. The lowest BCUT2D eigenvalue weighted by atomic mass is 9.72. The summed E-state index contributed by atoms with van der Waals surface area (Å²) in [7, 11) is 0. The van der Waals surface area contributed by atoms with Gasteiger partial charge in [0.25, 0.3) is 0 Å². The Morgan fingerprint density at radius 1 is 0.906 bits per heavy atom. The summed E-state index contributed by atoms with van der Waals surface area (Å²) >= 11 is 0. The van der Waals surface area contributed by atoms with Crippen LogP contribution in [0.4, 0.5) is 0 Å². The van der Waals surface area contributed by atoms with Gasteiger partial charge < -0.3 is 5.73 Å². The predicted molar refractivity (Wildman–Crippen MR) is 129 cm³/mol. The molecule has 0 unspecified atom stereocenters. The number of aromatic nitrogens is 3. The summed E-state index contributed by atoms with van der Waals surface area (Å²) in [6, 6.07) is 21.7. The van der Waals surface area contributed by atoms with Gasteiger partial charge in [-0.25, -0.2) is 0 Å². The molecular weight excluding hydrogens is 392 g/mol. The van der Waals surface area contributed by atoms with E-state index in [4.69, 9.17) is 10.7 Å². The Morgan fingerprint density at radius 3 is 2.38 bits per heavy atom. The number of aryl methyl sites for hydroxylation is 2. The number of H-pyrrole nitrogens is 1. The molecule has 0 saturated heterocycles. The highest BCUT2D eigenvalue weighted by atomic mass is 15.1. The van der Waals surface area contributed by atoms with E-state index in [1.807, 2.05) is 0 Å². The number of aromatic amines is 1. The number of fused-ring (bicyclic) bond motifs is 3. The molecule has 0 amide bonds. The number of nitrogens with zero attached hydrogens (tertiary/aromatic N) is 2. The van der Waals surface area contributed by atoms with Gasteiger partial charge in [0, 0.05) is 33.5 Å². The first-order valence-corrected chi connectivity index (χ1v) is 11.7. The molecule has 0 aliphatic heterocycles. The average Bonchev–Trinajstić information content (AvgIpc) is 3.26. The zero-order valence-electron chi connectivity index (χ0n) is 18.5. The van der Waals surface area contributed by atoms with E-state index in [9.17, 15) is 0 Å². The van der Waals surface area contributed by atoms with E-state index in [0.29, 0.717) is 0 Å². The van der Waals surface area contributed by atoms with E-state index in [1.165, 1.54) is 28.8 Å². The van der Waals surface area contributed by atoms with Crippen LogP contribution in [0, 0.1) is 0 Å². The fraction of sp³-hybridized carbons (Fsp3) is 0.286. The van der Waals surface area contributed by atoms with Crippen molar-refractivity contribution in [3.63, 3.8) is 0 Å². The number of benzene rings is 2. The van der Waals surface area contributed by atoms with E-state index in [1.54, 1.807) is 0 Å². The summed E-state index contributed by atoms with van der Waals surface area (Å²) in [5.41, 5.74) is 18.1. The van der Waals surface area contributed by atoms with Gasteiger partial charge in [-0.2, -0.15) is 5.10 Å². The Morgan fingerprint density at radius 2 is 1.69 bits per heavy atom. The molecule has 4 nitrogen and oxygen atoms in total. The average molecular weight is 421 g/mol. The summed E-state index contributed by atoms with van der Waals surface area (Å²) in [5, 5.41) is 7.94. The SMILES string of the molecule is CCc1[nH]nc2c1CCc1nc(-c3ccc(C4(N)CCC4)cc3)c(-c3ccccc3)cc1-2. The van der Waals surface area contributed by atoms with Gasteiger partial charge in [-0.3, -0.25) is 10.1 Å². The van der Waals surface area contributed by atoms with E-state index in [2.05, 4.69) is 77.8 Å². The van der Waals surface area contributed by atoms with Gasteiger partial charge in [0.15, 0.2) is 0 Å². The monoisotopic (exact) mass is 420 g/mol. The first-order valence-electron chi connectivity index (χ1n) is 11.7. The van der Waals surface area contributed by atoms with E-state index < -0.39 is 0 Å². The molecule has 0 atom stereocenters. The minimum atomic E-state index is -0.141. The van der Waals surface area contributed by atoms with Gasteiger partial charge in [0.05, 0.1) is 17.1 Å². The fourth-order valence-electron chi connectivity index (χ4n) is 5.24. The molecule has 1 fully saturated rings. The zero-order chi connectivity index (χ0) is 21.7. The third-order valence-electron chi connectivity index (χ3n) is 7.34. The Hall–Kier alpha value is -3.24. The van der Waals surface area contributed by atoms with E-state index in [-0.39, 0.29) is 5.54 Å². The maximum atomic E-state index is 6.56. The summed E-state index contributed by atoms with van der Waals surface area (Å²) in [6.07, 6.45) is 6.28. The molecule has 0 spiro atoms. The number of pyridine rings is 1. The zero-order valence-corrected chi connectivity index (χ0v) is 18.5. The van der Waals surface area contributed by atoms with Crippen LogP contribution in [-0.2, 0) is 24.8 Å². The van der Waals surface area contributed by atoms with Crippen LogP contribution in [0.1, 0.15) is 48.7 Å². The van der Waals surface area contributed by atoms with Crippen LogP contribution < -0.4 is 5.73 Å². The molecule has 4 aromatic rings. The van der Waals surface area contributed by atoms with Gasteiger partial charge in [0.1, 0.15) is 0 Å². The topological polar surface area (TPSA) is 67.6 Å². The van der Waals surface area contributed by atoms with Crippen LogP contribution in [0.3, 0.4) is 0 Å². The second-order valence-electron chi connectivity index (χ2n) is 9.21. The lowest BCUT2D eigenvalue weighted by Gasteiger charge is -2.38. The van der Waals surface area contributed by atoms with Crippen molar-refractivity contribution < 1.29 is 0 Å². The highest BCUT2D eigenvalue weighted by molar-refractivity contribution is 5.86. The molecule has 0 bridgehead atoms. The fourth-order valence-corrected chi connectivity index (χ4v) is 5.24. The van der Waals surface area contributed by atoms with Crippen LogP contribution >= 0.6 is 0 Å². The van der Waals surface area contributed by atoms with Crippen molar-refractivity contribution in [2.75, 3.05) is 0 Å². The van der Waals surface area contributed by atoms with Gasteiger partial charge in [0.2, 0.25) is 0 Å². The Balaban J connectivity index is 1.51. The number of rotatable bonds is 4. The molecule has 2 aromatic carbocycles. The lowest BCUT2D eigenvalue weighted by molar-refractivity contribution is 0.253. The highest BCUT2D eigenvalue weighted by Crippen LogP contribution is 2.42. The van der Waals surface area contributed by atoms with E-state index in [0.717, 1.165) is 65.9 Å². The predicted octanol–water partition coefficient (Wildman–Crippen LogP) is 5.80. The van der Waals surface area contributed by atoms with Crippen molar-refractivity contribution in [3.05, 3.63) is 83.2 Å². The van der Waals surface area contributed by atoms with Crippen LogP contribution in [0.5, 0.6) is 0 Å². The number of nitrogens with two attached hydrogens (primary N) is 1. The second-order valence-corrected chi connectivity index (χ2v) is 9.21. The maximum absolute atomic E-state index is 6.56. The Bertz CT molecular complexity index is 1280. The number of nitrogens with one attached hydrogen (secondary N) is 1. The lowest BCUT2D eigenvalue weighted by Crippen LogP contribution is -2.43. The molecule has 2 aliphatic rings. The minimum Gasteiger partial charge on any atom is -0.321 e. The van der Waals surface area contributed by atoms with Crippen molar-refractivity contribution in [2.24, 2.45) is 5.73 Å². The molecule has 32 heavy (non-hydrogen) atoms. The molecule has 0 radical (unpaired) electrons. The van der Waals surface area contributed by atoms with Crippen molar-refractivity contribution in [1.82, 2.24) is 15.2 Å². The quantitative estimate of drug-likeness (QED) is 0.438. The first kappa shape index (κ1) is 19.4. The minimum absolute atomic E-state index is 0.141. The van der Waals surface area contributed by atoms with Crippen LogP contribution in [0.25, 0.3) is 33.6 Å². The molecule has 2 aliphatic carbocycles. The third-order valence-corrected chi connectivity index (χ3v) is 7.34. The molecule has 6 rings (SSSR count). The van der Waals surface area contributed by atoms with Crippen molar-refractivity contribution in [3.8, 4) is 33.6 Å². The van der Waals surface area contributed by atoms with Gasteiger partial charge in [-0.15, -0.1) is 0 Å². The second kappa shape index (κ2) is 7.42. The highest BCUT2D eigenvalue weighted by Gasteiger charge is 2.34. The largest absolute Gasteiger partial charge is 0.321 e. The Kier molecular flexibility index (Phi) is 4.51. The number of hydrogen-bond donors (Lipinski definition) is 2. The van der Waals surface area contributed by atoms with Crippen LogP contribution in [0.2, 0.25) is 0 Å². The van der Waals surface area contributed by atoms with Crippen molar-refractivity contribution in [1.29, 1.82) is 0 Å². The molecule has 2 heterocycles. The standard InChI is InChI=1S/C28H28N4/c1-2-24-21-13-14-25-23(27(21)32-31-24)17-22(18-7-4-3-5-8-18)26(30-25)19-9-11-20(12-10-19)28(29)15-6-16-28/h3-5,7-12,17H,2,6,13-16,29H2,1H3,(H,31,32). The van der Waals surface area contributed by atoms with Crippen LogP contribution in [0.15, 0.2) is 60.7 Å². The molecule has 160 valence electrons. The molecule has 4 heteroatoms. The summed E-state index contributed by atoms with van der Waals surface area (Å²) in [6.45, 7) is 2.18. The molecule has 2 aromatic heterocycles. The van der Waals surface area contributed by atoms with Gasteiger partial charge >= 0.3 is 0 Å². The normalized spacial score (nSPS) is 16.2. The molecular formula is C28H28N4. The van der Waals surface area contributed by atoms with Crippen molar-refractivity contribution in [2.45, 2.75) is 51.0 Å². The molecule has 3 N–H and O–H groups in total. The smallest absolute Gasteiger partial charge is 0.0974 e. The van der Waals surface area contributed by atoms with E-state index >= 15 is 0 Å². The van der Waals surface area contributed by atoms with Crippen LogP contribution in [-0.4, -0.2) is 15.2 Å². The maximum Gasteiger partial charge on any atom is 0.0974 e.